The summed E-state index contributed by atoms with van der Waals surface area (Å²) in [5.74, 6) is -1.31. The first kappa shape index (κ1) is 16.1. The second-order valence-corrected chi connectivity index (χ2v) is 6.81. The molecule has 1 unspecified atom stereocenters. The van der Waals surface area contributed by atoms with Crippen LogP contribution in [0, 0.1) is 6.92 Å². The summed E-state index contributed by atoms with van der Waals surface area (Å²) in [5, 5.41) is 13.5. The number of pyridine rings is 1. The van der Waals surface area contributed by atoms with E-state index in [1.807, 2.05) is 0 Å². The first-order valence-corrected chi connectivity index (χ1v) is 8.39. The number of rotatable bonds is 5. The molecule has 0 saturated carbocycles. The largest absolute Gasteiger partial charge is 0.480 e. The summed E-state index contributed by atoms with van der Waals surface area (Å²) in [6, 6.07) is 7.99. The Bertz CT molecular complexity index is 998. The molecule has 0 aliphatic carbocycles. The van der Waals surface area contributed by atoms with E-state index in [1.165, 1.54) is 18.2 Å². The number of nitrogens with zero attached hydrogens (tertiary/aromatic N) is 2. The monoisotopic (exact) mass is 347 g/mol. The van der Waals surface area contributed by atoms with Crippen molar-refractivity contribution in [2.24, 2.45) is 0 Å². The minimum Gasteiger partial charge on any atom is -0.480 e. The smallest absolute Gasteiger partial charge is 0.326 e. The Morgan fingerprint density at radius 1 is 1.29 bits per heavy atom. The molecule has 3 rings (SSSR count). The van der Waals surface area contributed by atoms with E-state index in [4.69, 9.17) is 4.52 Å². The Morgan fingerprint density at radius 3 is 2.67 bits per heavy atom. The van der Waals surface area contributed by atoms with Crippen molar-refractivity contribution in [3.8, 4) is 0 Å². The van der Waals surface area contributed by atoms with E-state index >= 15 is 0 Å². The molecule has 1 atom stereocenters. The lowest BCUT2D eigenvalue weighted by Crippen LogP contribution is -2.33. The van der Waals surface area contributed by atoms with Crippen LogP contribution < -0.4 is 4.72 Å². The third kappa shape index (κ3) is 2.99. The number of hydrogen-bond acceptors (Lipinski definition) is 6. The SMILES string of the molecule is Cc1noc2ncc(S(=O)(=O)NC(C(=O)O)c3ccccc3)cc12. The highest BCUT2D eigenvalue weighted by Gasteiger charge is 2.27. The summed E-state index contributed by atoms with van der Waals surface area (Å²) in [5.41, 5.74) is 1.03. The van der Waals surface area contributed by atoms with Crippen LogP contribution in [0.4, 0.5) is 0 Å². The molecular formula is C15H13N3O5S. The quantitative estimate of drug-likeness (QED) is 0.719. The number of nitrogens with one attached hydrogen (secondary N) is 1. The zero-order chi connectivity index (χ0) is 17.3. The summed E-state index contributed by atoms with van der Waals surface area (Å²) in [4.78, 5) is 15.2. The Kier molecular flexibility index (Phi) is 4.04. The van der Waals surface area contributed by atoms with Crippen molar-refractivity contribution in [3.63, 3.8) is 0 Å². The molecule has 0 fully saturated rings. The van der Waals surface area contributed by atoms with Gasteiger partial charge in [0.1, 0.15) is 10.9 Å². The Labute approximate surface area is 137 Å². The van der Waals surface area contributed by atoms with Crippen LogP contribution in [0.5, 0.6) is 0 Å². The normalized spacial score (nSPS) is 13.0. The van der Waals surface area contributed by atoms with Gasteiger partial charge in [0.15, 0.2) is 0 Å². The van der Waals surface area contributed by atoms with Gasteiger partial charge in [0.05, 0.1) is 17.3 Å². The number of aryl methyl sites for hydroxylation is 1. The van der Waals surface area contributed by atoms with Crippen LogP contribution in [0.2, 0.25) is 0 Å². The summed E-state index contributed by atoms with van der Waals surface area (Å²) in [6.45, 7) is 1.65. The average Bonchev–Trinajstić information content (AvgIpc) is 2.94. The number of aromatic nitrogens is 2. The molecule has 2 N–H and O–H groups in total. The molecular weight excluding hydrogens is 334 g/mol. The molecule has 0 saturated heterocycles. The molecule has 0 amide bonds. The van der Waals surface area contributed by atoms with Gasteiger partial charge in [0, 0.05) is 0 Å². The fourth-order valence-electron chi connectivity index (χ4n) is 2.20. The van der Waals surface area contributed by atoms with E-state index in [0.29, 0.717) is 16.6 Å². The predicted octanol–water partition coefficient (Wildman–Crippen LogP) is 1.64. The van der Waals surface area contributed by atoms with Gasteiger partial charge in [0.25, 0.3) is 5.71 Å². The van der Waals surface area contributed by atoms with Crippen LogP contribution in [0.3, 0.4) is 0 Å². The fraction of sp³-hybridized carbons (Fsp3) is 0.133. The standard InChI is InChI=1S/C15H13N3O5S/c1-9-12-7-11(8-16-14(12)23-17-9)24(21,22)18-13(15(19)20)10-5-3-2-4-6-10/h2-8,13,18H,1H3,(H,19,20). The van der Waals surface area contributed by atoms with Crippen molar-refractivity contribution in [2.45, 2.75) is 17.9 Å². The maximum Gasteiger partial charge on any atom is 0.326 e. The number of benzene rings is 1. The number of hydrogen-bond donors (Lipinski definition) is 2. The number of aliphatic carboxylic acids is 1. The summed E-state index contributed by atoms with van der Waals surface area (Å²) < 4.78 is 32.2. The van der Waals surface area contributed by atoms with Crippen LogP contribution in [0.15, 0.2) is 52.0 Å². The molecule has 0 aliphatic rings. The van der Waals surface area contributed by atoms with E-state index in [9.17, 15) is 18.3 Å². The average molecular weight is 347 g/mol. The highest BCUT2D eigenvalue weighted by Crippen LogP contribution is 2.22. The van der Waals surface area contributed by atoms with Crippen molar-refractivity contribution in [1.29, 1.82) is 0 Å². The minimum atomic E-state index is -4.10. The summed E-state index contributed by atoms with van der Waals surface area (Å²) in [7, 11) is -4.10. The van der Waals surface area contributed by atoms with Crippen molar-refractivity contribution < 1.29 is 22.8 Å². The van der Waals surface area contributed by atoms with Crippen LogP contribution in [-0.4, -0.2) is 29.6 Å². The van der Waals surface area contributed by atoms with Gasteiger partial charge in [-0.25, -0.2) is 13.4 Å². The third-order valence-corrected chi connectivity index (χ3v) is 4.84. The van der Waals surface area contributed by atoms with Crippen molar-refractivity contribution in [3.05, 3.63) is 53.9 Å². The summed E-state index contributed by atoms with van der Waals surface area (Å²) >= 11 is 0. The lowest BCUT2D eigenvalue weighted by Gasteiger charge is -2.15. The van der Waals surface area contributed by atoms with Gasteiger partial charge in [-0.2, -0.15) is 4.72 Å². The van der Waals surface area contributed by atoms with Crippen molar-refractivity contribution in [2.75, 3.05) is 0 Å². The number of carboxylic acids is 1. The Morgan fingerprint density at radius 2 is 2.00 bits per heavy atom. The highest BCUT2D eigenvalue weighted by molar-refractivity contribution is 7.89. The maximum absolute atomic E-state index is 12.5. The van der Waals surface area contributed by atoms with Gasteiger partial charge in [-0.3, -0.25) is 4.79 Å². The van der Waals surface area contributed by atoms with Crippen molar-refractivity contribution in [1.82, 2.24) is 14.9 Å². The Balaban J connectivity index is 1.99. The molecule has 3 aromatic rings. The molecule has 2 heterocycles. The van der Waals surface area contributed by atoms with Gasteiger partial charge in [0.2, 0.25) is 10.0 Å². The summed E-state index contributed by atoms with van der Waals surface area (Å²) in [6.07, 6.45) is 1.10. The van der Waals surface area contributed by atoms with E-state index < -0.39 is 22.0 Å². The van der Waals surface area contributed by atoms with Crippen LogP contribution in [0.25, 0.3) is 11.1 Å². The van der Waals surface area contributed by atoms with E-state index in [2.05, 4.69) is 14.9 Å². The predicted molar refractivity (Wildman–Crippen MR) is 83.7 cm³/mol. The number of carboxylic acid groups (broad SMARTS) is 1. The molecule has 8 nitrogen and oxygen atoms in total. The first-order valence-electron chi connectivity index (χ1n) is 6.90. The van der Waals surface area contributed by atoms with E-state index in [1.54, 1.807) is 25.1 Å². The minimum absolute atomic E-state index is 0.163. The van der Waals surface area contributed by atoms with Gasteiger partial charge >= 0.3 is 5.97 Å². The fourth-order valence-corrected chi connectivity index (χ4v) is 3.35. The maximum atomic E-state index is 12.5. The van der Waals surface area contributed by atoms with Gasteiger partial charge in [-0.05, 0) is 18.6 Å². The van der Waals surface area contributed by atoms with Gasteiger partial charge in [-0.15, -0.1) is 0 Å². The second-order valence-electron chi connectivity index (χ2n) is 5.09. The van der Waals surface area contributed by atoms with Crippen LogP contribution in [-0.2, 0) is 14.8 Å². The molecule has 9 heteroatoms. The second kappa shape index (κ2) is 6.02. The zero-order valence-electron chi connectivity index (χ0n) is 12.5. The highest BCUT2D eigenvalue weighted by atomic mass is 32.2. The molecule has 0 spiro atoms. The van der Waals surface area contributed by atoms with Gasteiger partial charge in [-0.1, -0.05) is 35.5 Å². The molecule has 24 heavy (non-hydrogen) atoms. The lowest BCUT2D eigenvalue weighted by molar-refractivity contribution is -0.139. The van der Waals surface area contributed by atoms with Crippen LogP contribution >= 0.6 is 0 Å². The van der Waals surface area contributed by atoms with Gasteiger partial charge < -0.3 is 9.63 Å². The van der Waals surface area contributed by atoms with Crippen LogP contribution in [0.1, 0.15) is 17.3 Å². The molecule has 2 aromatic heterocycles. The van der Waals surface area contributed by atoms with E-state index in [0.717, 1.165) is 6.20 Å². The number of carbonyl (C=O) groups is 1. The topological polar surface area (TPSA) is 122 Å². The number of sulfonamides is 1. The molecule has 0 radical (unpaired) electrons. The number of fused-ring (bicyclic) bond motifs is 1. The molecule has 124 valence electrons. The first-order chi connectivity index (χ1) is 11.4. The lowest BCUT2D eigenvalue weighted by atomic mass is 10.1. The third-order valence-electron chi connectivity index (χ3n) is 3.45. The molecule has 0 bridgehead atoms. The van der Waals surface area contributed by atoms with Crippen molar-refractivity contribution >= 4 is 27.1 Å². The van der Waals surface area contributed by atoms with E-state index in [-0.39, 0.29) is 10.6 Å². The zero-order valence-corrected chi connectivity index (χ0v) is 13.3. The molecule has 0 aliphatic heterocycles. The Hall–Kier alpha value is -2.78. The molecule has 1 aromatic carbocycles.